The van der Waals surface area contributed by atoms with Crippen molar-refractivity contribution < 1.29 is 9.53 Å². The molecule has 0 aliphatic carbocycles. The average Bonchev–Trinajstić information content (AvgIpc) is 2.69. The number of amides is 1. The summed E-state index contributed by atoms with van der Waals surface area (Å²) in [7, 11) is 0. The van der Waals surface area contributed by atoms with Gasteiger partial charge in [-0.05, 0) is 59.7 Å². The molecule has 0 saturated heterocycles. The molecule has 3 aromatic carbocycles. The third-order valence-corrected chi connectivity index (χ3v) is 4.28. The second kappa shape index (κ2) is 9.21. The van der Waals surface area contributed by atoms with Crippen LogP contribution in [0.3, 0.4) is 0 Å². The van der Waals surface area contributed by atoms with Crippen LogP contribution in [0.1, 0.15) is 21.5 Å². The fourth-order valence-electron chi connectivity index (χ4n) is 2.27. The number of carbonyl (C=O) groups excluding carboxylic acids is 1. The molecule has 0 radical (unpaired) electrons. The van der Waals surface area contributed by atoms with Crippen LogP contribution in [-0.4, -0.2) is 12.1 Å². The van der Waals surface area contributed by atoms with Gasteiger partial charge in [-0.3, -0.25) is 4.79 Å². The first-order chi connectivity index (χ1) is 13.1. The fraction of sp³-hybridized carbons (Fsp3) is 0.0476. The Kier molecular flexibility index (Phi) is 6.47. The van der Waals surface area contributed by atoms with Crippen molar-refractivity contribution in [3.63, 3.8) is 0 Å². The smallest absolute Gasteiger partial charge is 0.272 e. The number of nitrogens with zero attached hydrogens (tertiary/aromatic N) is 1. The Morgan fingerprint density at radius 2 is 1.67 bits per heavy atom. The minimum Gasteiger partial charge on any atom is -0.489 e. The van der Waals surface area contributed by atoms with E-state index >= 15 is 0 Å². The maximum absolute atomic E-state index is 12.0. The molecule has 0 saturated carbocycles. The molecule has 4 nitrogen and oxygen atoms in total. The molecular weight excluding hydrogens is 383 g/mol. The minimum atomic E-state index is -0.361. The van der Waals surface area contributed by atoms with Crippen LogP contribution in [0.2, 0.25) is 10.0 Å². The van der Waals surface area contributed by atoms with E-state index in [1.807, 2.05) is 48.5 Å². The van der Waals surface area contributed by atoms with Crippen molar-refractivity contribution in [1.29, 1.82) is 0 Å². The first-order valence-corrected chi connectivity index (χ1v) is 8.92. The molecule has 0 atom stereocenters. The third-order valence-electron chi connectivity index (χ3n) is 3.70. The lowest BCUT2D eigenvalue weighted by Crippen LogP contribution is -2.17. The molecule has 0 spiro atoms. The molecular formula is C21H16Cl2N2O2. The van der Waals surface area contributed by atoms with Crippen LogP contribution in [0.15, 0.2) is 77.9 Å². The Labute approximate surface area is 167 Å². The Morgan fingerprint density at radius 3 is 2.37 bits per heavy atom. The van der Waals surface area contributed by atoms with Gasteiger partial charge < -0.3 is 4.74 Å². The Balaban J connectivity index is 1.52. The average molecular weight is 399 g/mol. The maximum atomic E-state index is 12.0. The summed E-state index contributed by atoms with van der Waals surface area (Å²) in [5.74, 6) is 0.377. The summed E-state index contributed by atoms with van der Waals surface area (Å²) in [6, 6.07) is 21.7. The summed E-state index contributed by atoms with van der Waals surface area (Å²) in [5, 5.41) is 5.03. The molecule has 1 amide bonds. The molecule has 0 heterocycles. The molecule has 136 valence electrons. The third kappa shape index (κ3) is 5.58. The molecule has 0 fully saturated rings. The van der Waals surface area contributed by atoms with Gasteiger partial charge in [-0.25, -0.2) is 5.43 Å². The van der Waals surface area contributed by atoms with Crippen molar-refractivity contribution in [2.24, 2.45) is 5.10 Å². The van der Waals surface area contributed by atoms with Gasteiger partial charge in [-0.1, -0.05) is 47.5 Å². The second-order valence-electron chi connectivity index (χ2n) is 5.66. The van der Waals surface area contributed by atoms with Gasteiger partial charge in [-0.2, -0.15) is 5.10 Å². The topological polar surface area (TPSA) is 50.7 Å². The van der Waals surface area contributed by atoms with Gasteiger partial charge in [0, 0.05) is 5.02 Å². The Hall–Kier alpha value is -2.82. The highest BCUT2D eigenvalue weighted by Gasteiger charge is 2.07. The summed E-state index contributed by atoms with van der Waals surface area (Å²) < 4.78 is 5.73. The quantitative estimate of drug-likeness (QED) is 0.450. The highest BCUT2D eigenvalue weighted by Crippen LogP contribution is 2.16. The lowest BCUT2D eigenvalue weighted by molar-refractivity contribution is 0.0955. The van der Waals surface area contributed by atoms with E-state index in [4.69, 9.17) is 27.9 Å². The van der Waals surface area contributed by atoms with Crippen molar-refractivity contribution >= 4 is 35.3 Å². The summed E-state index contributed by atoms with van der Waals surface area (Å²) in [6.07, 6.45) is 1.55. The van der Waals surface area contributed by atoms with E-state index in [1.165, 1.54) is 0 Å². The number of hydrogen-bond acceptors (Lipinski definition) is 3. The number of hydrazone groups is 1. The number of rotatable bonds is 6. The van der Waals surface area contributed by atoms with Crippen molar-refractivity contribution in [1.82, 2.24) is 5.43 Å². The van der Waals surface area contributed by atoms with Gasteiger partial charge in [0.25, 0.3) is 5.91 Å². The Morgan fingerprint density at radius 1 is 0.963 bits per heavy atom. The van der Waals surface area contributed by atoms with Crippen LogP contribution < -0.4 is 10.2 Å². The zero-order valence-corrected chi connectivity index (χ0v) is 15.7. The largest absolute Gasteiger partial charge is 0.489 e. The number of nitrogens with one attached hydrogen (secondary N) is 1. The first kappa shape index (κ1) is 19.0. The number of hydrogen-bond donors (Lipinski definition) is 1. The van der Waals surface area contributed by atoms with E-state index in [0.29, 0.717) is 22.2 Å². The molecule has 0 aromatic heterocycles. The van der Waals surface area contributed by atoms with Crippen LogP contribution in [0.25, 0.3) is 0 Å². The molecule has 0 bridgehead atoms. The monoisotopic (exact) mass is 398 g/mol. The second-order valence-corrected chi connectivity index (χ2v) is 6.51. The normalized spacial score (nSPS) is 10.7. The molecule has 6 heteroatoms. The van der Waals surface area contributed by atoms with Crippen LogP contribution >= 0.6 is 23.2 Å². The van der Waals surface area contributed by atoms with E-state index in [9.17, 15) is 4.79 Å². The molecule has 0 aliphatic rings. The van der Waals surface area contributed by atoms with Crippen molar-refractivity contribution in [3.8, 4) is 5.75 Å². The number of ether oxygens (including phenoxy) is 1. The van der Waals surface area contributed by atoms with Gasteiger partial charge >= 0.3 is 0 Å². The summed E-state index contributed by atoms with van der Waals surface area (Å²) in [4.78, 5) is 12.0. The predicted molar refractivity (Wildman–Crippen MR) is 109 cm³/mol. The van der Waals surface area contributed by atoms with Gasteiger partial charge in [0.05, 0.1) is 16.8 Å². The number of carbonyl (C=O) groups is 1. The van der Waals surface area contributed by atoms with Gasteiger partial charge in [0.15, 0.2) is 0 Å². The van der Waals surface area contributed by atoms with Gasteiger partial charge in [0.1, 0.15) is 12.4 Å². The van der Waals surface area contributed by atoms with E-state index in [-0.39, 0.29) is 5.91 Å². The SMILES string of the molecule is O=C(NN=Cc1ccc(OCc2ccc(Cl)cc2)cc1)c1ccccc1Cl. The summed E-state index contributed by atoms with van der Waals surface area (Å²) in [6.45, 7) is 0.457. The zero-order chi connectivity index (χ0) is 19.1. The molecule has 3 rings (SSSR count). The molecule has 3 aromatic rings. The van der Waals surface area contributed by atoms with Crippen molar-refractivity contribution in [3.05, 3.63) is 99.5 Å². The van der Waals surface area contributed by atoms with E-state index in [2.05, 4.69) is 10.5 Å². The molecule has 27 heavy (non-hydrogen) atoms. The van der Waals surface area contributed by atoms with Gasteiger partial charge in [-0.15, -0.1) is 0 Å². The summed E-state index contributed by atoms with van der Waals surface area (Å²) in [5.41, 5.74) is 4.70. The lowest BCUT2D eigenvalue weighted by atomic mass is 10.2. The standard InChI is InChI=1S/C21H16Cl2N2O2/c22-17-9-5-16(6-10-17)14-27-18-11-7-15(8-12-18)13-24-25-21(26)19-3-1-2-4-20(19)23/h1-13H,14H2,(H,25,26). The van der Waals surface area contributed by atoms with Crippen LogP contribution in [0, 0.1) is 0 Å². The summed E-state index contributed by atoms with van der Waals surface area (Å²) >= 11 is 11.8. The Bertz CT molecular complexity index is 939. The van der Waals surface area contributed by atoms with E-state index in [1.54, 1.807) is 30.5 Å². The van der Waals surface area contributed by atoms with Crippen molar-refractivity contribution in [2.45, 2.75) is 6.61 Å². The minimum absolute atomic E-state index is 0.361. The fourth-order valence-corrected chi connectivity index (χ4v) is 2.62. The first-order valence-electron chi connectivity index (χ1n) is 8.17. The van der Waals surface area contributed by atoms with Gasteiger partial charge in [0.2, 0.25) is 0 Å². The van der Waals surface area contributed by atoms with E-state index in [0.717, 1.165) is 16.9 Å². The highest BCUT2D eigenvalue weighted by molar-refractivity contribution is 6.33. The number of benzene rings is 3. The number of halogens is 2. The molecule has 0 unspecified atom stereocenters. The van der Waals surface area contributed by atoms with E-state index < -0.39 is 0 Å². The van der Waals surface area contributed by atoms with Crippen LogP contribution in [0.5, 0.6) is 5.75 Å². The molecule has 0 aliphatic heterocycles. The van der Waals surface area contributed by atoms with Crippen LogP contribution in [0.4, 0.5) is 0 Å². The molecule has 1 N–H and O–H groups in total. The zero-order valence-electron chi connectivity index (χ0n) is 14.2. The van der Waals surface area contributed by atoms with Crippen molar-refractivity contribution in [2.75, 3.05) is 0 Å². The maximum Gasteiger partial charge on any atom is 0.272 e. The predicted octanol–water partition coefficient (Wildman–Crippen LogP) is 5.34. The van der Waals surface area contributed by atoms with Crippen LogP contribution in [-0.2, 0) is 6.61 Å². The lowest BCUT2D eigenvalue weighted by Gasteiger charge is -2.06. The highest BCUT2D eigenvalue weighted by atomic mass is 35.5.